The molecule has 5 rings (SSSR count). The molecular weight excluding hydrogens is 401 g/mol. The van der Waals surface area contributed by atoms with E-state index in [2.05, 4.69) is 0 Å². The van der Waals surface area contributed by atoms with Gasteiger partial charge in [-0.25, -0.2) is 14.1 Å². The first kappa shape index (κ1) is 19.6. The van der Waals surface area contributed by atoms with E-state index in [1.54, 1.807) is 18.2 Å². The zero-order valence-electron chi connectivity index (χ0n) is 16.6. The molecule has 0 unspecified atom stereocenters. The molecule has 1 saturated heterocycles. The summed E-state index contributed by atoms with van der Waals surface area (Å²) in [5.74, 6) is -2.36. The molecule has 7 heteroatoms. The van der Waals surface area contributed by atoms with Gasteiger partial charge in [0.15, 0.2) is 12.4 Å². The van der Waals surface area contributed by atoms with Crippen LogP contribution in [0.1, 0.15) is 40.0 Å². The van der Waals surface area contributed by atoms with Crippen molar-refractivity contribution in [3.8, 4) is 0 Å². The molecule has 1 heterocycles. The van der Waals surface area contributed by atoms with Crippen LogP contribution >= 0.6 is 0 Å². The quantitative estimate of drug-likeness (QED) is 0.420. The van der Waals surface area contributed by atoms with Crippen LogP contribution in [0.2, 0.25) is 0 Å². The number of amides is 2. The number of rotatable bonds is 5. The fourth-order valence-corrected chi connectivity index (χ4v) is 5.42. The van der Waals surface area contributed by atoms with Crippen molar-refractivity contribution in [1.82, 2.24) is 0 Å². The first-order chi connectivity index (χ1) is 15.0. The second-order valence-electron chi connectivity index (χ2n) is 8.42. The van der Waals surface area contributed by atoms with Crippen molar-refractivity contribution in [1.29, 1.82) is 0 Å². The number of ketones is 1. The van der Waals surface area contributed by atoms with Gasteiger partial charge in [0.1, 0.15) is 5.82 Å². The van der Waals surface area contributed by atoms with Crippen LogP contribution in [0, 0.1) is 29.5 Å². The Kier molecular flexibility index (Phi) is 4.68. The van der Waals surface area contributed by atoms with Gasteiger partial charge in [0.25, 0.3) is 0 Å². The van der Waals surface area contributed by atoms with E-state index in [0.717, 1.165) is 36.3 Å². The maximum Gasteiger partial charge on any atom is 0.340 e. The number of para-hydroxylation sites is 1. The van der Waals surface area contributed by atoms with Gasteiger partial charge < -0.3 is 4.74 Å². The number of Topliss-reactive ketones (excluding diaryl/α,β-unsaturated/α-hetero) is 1. The first-order valence-electron chi connectivity index (χ1n) is 10.4. The van der Waals surface area contributed by atoms with Gasteiger partial charge in [0, 0.05) is 5.56 Å². The SMILES string of the molecule is O=C(COC(=O)c1ccccc1N1C(=O)[C@@H]2[C@H]3CC[C@@H](C3)[C@H]2C1=O)c1ccc(F)cc1. The Morgan fingerprint density at radius 1 is 0.935 bits per heavy atom. The van der Waals surface area contributed by atoms with E-state index < -0.39 is 24.2 Å². The lowest BCUT2D eigenvalue weighted by Gasteiger charge is -2.19. The summed E-state index contributed by atoms with van der Waals surface area (Å²) in [7, 11) is 0. The van der Waals surface area contributed by atoms with Crippen LogP contribution in [0.4, 0.5) is 10.1 Å². The van der Waals surface area contributed by atoms with Crippen LogP contribution < -0.4 is 4.90 Å². The maximum atomic E-state index is 13.1. The number of fused-ring (bicyclic) bond motifs is 5. The highest BCUT2D eigenvalue weighted by atomic mass is 19.1. The summed E-state index contributed by atoms with van der Waals surface area (Å²) in [5, 5.41) is 0. The lowest BCUT2D eigenvalue weighted by molar-refractivity contribution is -0.123. The van der Waals surface area contributed by atoms with Gasteiger partial charge in [-0.1, -0.05) is 12.1 Å². The van der Waals surface area contributed by atoms with Gasteiger partial charge in [-0.2, -0.15) is 0 Å². The predicted molar refractivity (Wildman–Crippen MR) is 108 cm³/mol. The third kappa shape index (κ3) is 3.15. The zero-order valence-corrected chi connectivity index (χ0v) is 16.6. The summed E-state index contributed by atoms with van der Waals surface area (Å²) >= 11 is 0. The number of nitrogens with zero attached hydrogens (tertiary/aromatic N) is 1. The van der Waals surface area contributed by atoms with E-state index >= 15 is 0 Å². The topological polar surface area (TPSA) is 80.8 Å². The molecule has 2 bridgehead atoms. The third-order valence-electron chi connectivity index (χ3n) is 6.79. The monoisotopic (exact) mass is 421 g/mol. The number of esters is 1. The summed E-state index contributed by atoms with van der Waals surface area (Å²) in [6.45, 7) is -0.532. The van der Waals surface area contributed by atoms with Crippen molar-refractivity contribution >= 4 is 29.3 Å². The van der Waals surface area contributed by atoms with E-state index in [9.17, 15) is 23.6 Å². The molecular formula is C24H20FNO5. The minimum Gasteiger partial charge on any atom is -0.454 e. The predicted octanol–water partition coefficient (Wildman–Crippen LogP) is 3.40. The van der Waals surface area contributed by atoms with Crippen LogP contribution in [-0.4, -0.2) is 30.2 Å². The van der Waals surface area contributed by atoms with Crippen LogP contribution in [0.25, 0.3) is 0 Å². The van der Waals surface area contributed by atoms with Crippen molar-refractivity contribution in [3.05, 3.63) is 65.5 Å². The number of imide groups is 1. The highest BCUT2D eigenvalue weighted by Gasteiger charge is 2.61. The summed E-state index contributed by atoms with van der Waals surface area (Å²) < 4.78 is 18.2. The molecule has 0 aromatic heterocycles. The number of benzene rings is 2. The van der Waals surface area contributed by atoms with Crippen LogP contribution in [-0.2, 0) is 14.3 Å². The molecule has 2 aromatic rings. The van der Waals surface area contributed by atoms with Gasteiger partial charge in [0.2, 0.25) is 11.8 Å². The molecule has 0 N–H and O–H groups in total. The largest absolute Gasteiger partial charge is 0.454 e. The smallest absolute Gasteiger partial charge is 0.340 e. The first-order valence-corrected chi connectivity index (χ1v) is 10.4. The fraction of sp³-hybridized carbons (Fsp3) is 0.333. The number of ether oxygens (including phenoxy) is 1. The van der Waals surface area contributed by atoms with Gasteiger partial charge in [-0.15, -0.1) is 0 Å². The summed E-state index contributed by atoms with van der Waals surface area (Å²) in [5.41, 5.74) is 0.477. The van der Waals surface area contributed by atoms with E-state index in [0.29, 0.717) is 0 Å². The molecule has 2 aromatic carbocycles. The molecule has 2 amide bonds. The van der Waals surface area contributed by atoms with E-state index in [1.807, 2.05) is 0 Å². The van der Waals surface area contributed by atoms with Gasteiger partial charge in [-0.05, 0) is 67.5 Å². The Morgan fingerprint density at radius 2 is 1.55 bits per heavy atom. The van der Waals surface area contributed by atoms with Crippen LogP contribution in [0.15, 0.2) is 48.5 Å². The normalized spacial score (nSPS) is 26.3. The zero-order chi connectivity index (χ0) is 21.7. The maximum absolute atomic E-state index is 13.1. The van der Waals surface area contributed by atoms with Crippen molar-refractivity contribution in [2.75, 3.05) is 11.5 Å². The molecule has 158 valence electrons. The highest BCUT2D eigenvalue weighted by molar-refractivity contribution is 6.24. The van der Waals surface area contributed by atoms with Gasteiger partial charge >= 0.3 is 5.97 Å². The minimum atomic E-state index is -0.799. The van der Waals surface area contributed by atoms with Crippen LogP contribution in [0.3, 0.4) is 0 Å². The van der Waals surface area contributed by atoms with E-state index in [-0.39, 0.29) is 52.3 Å². The molecule has 3 aliphatic rings. The number of anilines is 1. The molecule has 3 fully saturated rings. The number of carbonyl (C=O) groups excluding carboxylic acids is 4. The lowest BCUT2D eigenvalue weighted by atomic mass is 9.81. The molecule has 4 atom stereocenters. The van der Waals surface area contributed by atoms with Crippen molar-refractivity contribution in [2.45, 2.75) is 19.3 Å². The van der Waals surface area contributed by atoms with E-state index in [4.69, 9.17) is 4.74 Å². The van der Waals surface area contributed by atoms with Crippen LogP contribution in [0.5, 0.6) is 0 Å². The second kappa shape index (κ2) is 7.41. The Balaban J connectivity index is 1.35. The number of hydrogen-bond acceptors (Lipinski definition) is 5. The number of halogens is 1. The molecule has 1 aliphatic heterocycles. The lowest BCUT2D eigenvalue weighted by Crippen LogP contribution is -2.34. The molecule has 31 heavy (non-hydrogen) atoms. The van der Waals surface area contributed by atoms with Crippen molar-refractivity contribution in [2.24, 2.45) is 23.7 Å². The third-order valence-corrected chi connectivity index (χ3v) is 6.79. The second-order valence-corrected chi connectivity index (χ2v) is 8.42. The Bertz CT molecular complexity index is 1070. The minimum absolute atomic E-state index is 0.0587. The van der Waals surface area contributed by atoms with Gasteiger partial charge in [0.05, 0.1) is 23.1 Å². The average molecular weight is 421 g/mol. The van der Waals surface area contributed by atoms with Crippen molar-refractivity contribution in [3.63, 3.8) is 0 Å². The fourth-order valence-electron chi connectivity index (χ4n) is 5.42. The Hall–Kier alpha value is -3.35. The van der Waals surface area contributed by atoms with Gasteiger partial charge in [-0.3, -0.25) is 14.4 Å². The summed E-state index contributed by atoms with van der Waals surface area (Å²) in [4.78, 5) is 52.3. The molecule has 6 nitrogen and oxygen atoms in total. The molecule has 2 saturated carbocycles. The summed E-state index contributed by atoms with van der Waals surface area (Å²) in [6, 6.07) is 11.2. The average Bonchev–Trinajstić information content (AvgIpc) is 3.46. The molecule has 0 spiro atoms. The number of hydrogen-bond donors (Lipinski definition) is 0. The molecule has 0 radical (unpaired) electrons. The standard InChI is InChI=1S/C24H20FNO5/c25-16-9-7-13(8-10-16)19(27)12-31-24(30)17-3-1-2-4-18(17)26-22(28)20-14-5-6-15(11-14)21(20)23(26)29/h1-4,7-10,14-15,20-21H,5-6,11-12H2/t14-,15-,20+,21+/m0/s1. The Labute approximate surface area is 178 Å². The molecule has 2 aliphatic carbocycles. The van der Waals surface area contributed by atoms with E-state index in [1.165, 1.54) is 18.2 Å². The number of carbonyl (C=O) groups is 4. The summed E-state index contributed by atoms with van der Waals surface area (Å²) in [6.07, 6.45) is 2.86. The van der Waals surface area contributed by atoms with Crippen molar-refractivity contribution < 1.29 is 28.3 Å². The Morgan fingerprint density at radius 3 is 2.19 bits per heavy atom. The highest BCUT2D eigenvalue weighted by Crippen LogP contribution is 2.56.